The van der Waals surface area contributed by atoms with Crippen LogP contribution in [0, 0.1) is 12.8 Å². The molecule has 1 saturated carbocycles. The number of nitrogens with two attached hydrogens (primary N) is 1. The molecule has 1 aromatic carbocycles. The molecule has 2 atom stereocenters. The van der Waals surface area contributed by atoms with Gasteiger partial charge in [-0.2, -0.15) is 0 Å². The van der Waals surface area contributed by atoms with E-state index in [1.807, 2.05) is 19.1 Å². The fourth-order valence-electron chi connectivity index (χ4n) is 2.31. The first-order valence-electron chi connectivity index (χ1n) is 5.90. The van der Waals surface area contributed by atoms with Crippen LogP contribution in [-0.2, 0) is 4.79 Å². The van der Waals surface area contributed by atoms with Gasteiger partial charge in [0.15, 0.2) is 0 Å². The van der Waals surface area contributed by atoms with Gasteiger partial charge < -0.3 is 11.1 Å². The molecule has 0 aliphatic heterocycles. The molecule has 4 heteroatoms. The number of halogens is 1. The minimum Gasteiger partial charge on any atom is -0.327 e. The van der Waals surface area contributed by atoms with E-state index in [1.165, 1.54) is 0 Å². The molecule has 0 radical (unpaired) electrons. The van der Waals surface area contributed by atoms with Crippen molar-refractivity contribution in [3.8, 4) is 0 Å². The molecular weight excluding hydrogens is 236 g/mol. The lowest BCUT2D eigenvalue weighted by Crippen LogP contribution is -2.34. The van der Waals surface area contributed by atoms with Crippen LogP contribution < -0.4 is 11.1 Å². The molecule has 3 N–H and O–H groups in total. The second-order valence-corrected chi connectivity index (χ2v) is 5.09. The van der Waals surface area contributed by atoms with Gasteiger partial charge in [-0.1, -0.05) is 18.0 Å². The molecule has 0 heterocycles. The van der Waals surface area contributed by atoms with Gasteiger partial charge in [0.2, 0.25) is 5.91 Å². The van der Waals surface area contributed by atoms with E-state index < -0.39 is 0 Å². The highest BCUT2D eigenvalue weighted by Crippen LogP contribution is 2.26. The predicted octanol–water partition coefficient (Wildman–Crippen LogP) is 2.71. The molecule has 0 bridgehead atoms. The molecule has 92 valence electrons. The summed E-state index contributed by atoms with van der Waals surface area (Å²) in [4.78, 5) is 12.0. The molecule has 0 spiro atoms. The van der Waals surface area contributed by atoms with Crippen molar-refractivity contribution in [2.75, 3.05) is 5.32 Å². The highest BCUT2D eigenvalue weighted by atomic mass is 35.5. The van der Waals surface area contributed by atoms with Crippen molar-refractivity contribution >= 4 is 23.2 Å². The van der Waals surface area contributed by atoms with Crippen LogP contribution in [-0.4, -0.2) is 11.9 Å². The second kappa shape index (κ2) is 5.07. The van der Waals surface area contributed by atoms with E-state index in [1.54, 1.807) is 6.07 Å². The second-order valence-electron chi connectivity index (χ2n) is 4.65. The largest absolute Gasteiger partial charge is 0.327 e. The van der Waals surface area contributed by atoms with Crippen molar-refractivity contribution in [1.29, 1.82) is 0 Å². The van der Waals surface area contributed by atoms with Crippen molar-refractivity contribution in [3.63, 3.8) is 0 Å². The van der Waals surface area contributed by atoms with Crippen molar-refractivity contribution in [2.24, 2.45) is 11.7 Å². The van der Waals surface area contributed by atoms with Gasteiger partial charge in [-0.05, 0) is 43.5 Å². The Hall–Kier alpha value is -1.06. The summed E-state index contributed by atoms with van der Waals surface area (Å²) in [5.74, 6) is -0.0227. The first kappa shape index (κ1) is 12.4. The average molecular weight is 253 g/mol. The number of hydrogen-bond acceptors (Lipinski definition) is 2. The number of benzene rings is 1. The van der Waals surface area contributed by atoms with Gasteiger partial charge >= 0.3 is 0 Å². The fourth-order valence-corrected chi connectivity index (χ4v) is 2.53. The zero-order chi connectivity index (χ0) is 12.4. The summed E-state index contributed by atoms with van der Waals surface area (Å²) in [6.07, 6.45) is 2.87. The topological polar surface area (TPSA) is 55.1 Å². The Balaban J connectivity index is 2.07. The van der Waals surface area contributed by atoms with E-state index in [-0.39, 0.29) is 17.9 Å². The van der Waals surface area contributed by atoms with E-state index in [2.05, 4.69) is 5.32 Å². The summed E-state index contributed by atoms with van der Waals surface area (Å²) < 4.78 is 0. The number of aryl methyl sites for hydroxylation is 1. The number of carbonyl (C=O) groups is 1. The van der Waals surface area contributed by atoms with Gasteiger partial charge in [0, 0.05) is 16.8 Å². The Bertz CT molecular complexity index is 433. The van der Waals surface area contributed by atoms with Crippen LogP contribution in [0.2, 0.25) is 5.02 Å². The third-order valence-electron chi connectivity index (χ3n) is 3.35. The Kier molecular flexibility index (Phi) is 3.69. The predicted molar refractivity (Wildman–Crippen MR) is 70.1 cm³/mol. The molecule has 1 aromatic rings. The smallest absolute Gasteiger partial charge is 0.229 e. The van der Waals surface area contributed by atoms with E-state index in [0.717, 1.165) is 30.5 Å². The number of hydrogen-bond donors (Lipinski definition) is 2. The van der Waals surface area contributed by atoms with Crippen LogP contribution >= 0.6 is 11.6 Å². The number of nitrogens with one attached hydrogen (secondary N) is 1. The van der Waals surface area contributed by atoms with Gasteiger partial charge in [0.1, 0.15) is 0 Å². The normalized spacial score (nSPS) is 23.7. The lowest BCUT2D eigenvalue weighted by atomic mass is 10.0. The van der Waals surface area contributed by atoms with Crippen LogP contribution in [0.4, 0.5) is 5.69 Å². The molecule has 2 unspecified atom stereocenters. The monoisotopic (exact) mass is 252 g/mol. The standard InChI is InChI=1S/C13H17ClN2O/c1-8-7-9(14)5-6-12(8)16-13(17)10-3-2-4-11(10)15/h5-7,10-11H,2-4,15H2,1H3,(H,16,17). The Morgan fingerprint density at radius 2 is 2.24 bits per heavy atom. The van der Waals surface area contributed by atoms with Crippen molar-refractivity contribution < 1.29 is 4.79 Å². The summed E-state index contributed by atoms with van der Waals surface area (Å²) in [5.41, 5.74) is 7.70. The van der Waals surface area contributed by atoms with Gasteiger partial charge in [-0.15, -0.1) is 0 Å². The number of amides is 1. The van der Waals surface area contributed by atoms with Crippen molar-refractivity contribution in [1.82, 2.24) is 0 Å². The zero-order valence-corrected chi connectivity index (χ0v) is 10.6. The van der Waals surface area contributed by atoms with E-state index in [9.17, 15) is 4.79 Å². The van der Waals surface area contributed by atoms with Crippen LogP contribution in [0.3, 0.4) is 0 Å². The molecule has 0 aromatic heterocycles. The summed E-state index contributed by atoms with van der Waals surface area (Å²) in [6, 6.07) is 5.45. The van der Waals surface area contributed by atoms with Crippen LogP contribution in [0.1, 0.15) is 24.8 Å². The maximum Gasteiger partial charge on any atom is 0.229 e. The summed E-state index contributed by atoms with van der Waals surface area (Å²) in [7, 11) is 0. The summed E-state index contributed by atoms with van der Waals surface area (Å²) >= 11 is 5.87. The summed E-state index contributed by atoms with van der Waals surface area (Å²) in [6.45, 7) is 1.93. The Morgan fingerprint density at radius 1 is 1.47 bits per heavy atom. The van der Waals surface area contributed by atoms with E-state index >= 15 is 0 Å². The Morgan fingerprint density at radius 3 is 2.82 bits per heavy atom. The van der Waals surface area contributed by atoms with Crippen molar-refractivity contribution in [2.45, 2.75) is 32.2 Å². The number of rotatable bonds is 2. The van der Waals surface area contributed by atoms with Crippen LogP contribution in [0.5, 0.6) is 0 Å². The molecule has 3 nitrogen and oxygen atoms in total. The van der Waals surface area contributed by atoms with Gasteiger partial charge in [-0.25, -0.2) is 0 Å². The van der Waals surface area contributed by atoms with Crippen molar-refractivity contribution in [3.05, 3.63) is 28.8 Å². The zero-order valence-electron chi connectivity index (χ0n) is 9.87. The fraction of sp³-hybridized carbons (Fsp3) is 0.462. The van der Waals surface area contributed by atoms with Gasteiger partial charge in [-0.3, -0.25) is 4.79 Å². The summed E-state index contributed by atoms with van der Waals surface area (Å²) in [5, 5.41) is 3.61. The molecule has 1 aliphatic rings. The number of anilines is 1. The van der Waals surface area contributed by atoms with E-state index in [0.29, 0.717) is 5.02 Å². The highest BCUT2D eigenvalue weighted by molar-refractivity contribution is 6.30. The third-order valence-corrected chi connectivity index (χ3v) is 3.59. The lowest BCUT2D eigenvalue weighted by molar-refractivity contribution is -0.120. The van der Waals surface area contributed by atoms with Crippen LogP contribution in [0.15, 0.2) is 18.2 Å². The van der Waals surface area contributed by atoms with Crippen LogP contribution in [0.25, 0.3) is 0 Å². The minimum absolute atomic E-state index is 0.00241. The van der Waals surface area contributed by atoms with E-state index in [4.69, 9.17) is 17.3 Å². The molecular formula is C13H17ClN2O. The maximum absolute atomic E-state index is 12.0. The number of carbonyl (C=O) groups excluding carboxylic acids is 1. The Labute approximate surface area is 106 Å². The molecule has 2 rings (SSSR count). The first-order chi connectivity index (χ1) is 8.08. The van der Waals surface area contributed by atoms with Gasteiger partial charge in [0.05, 0.1) is 5.92 Å². The SMILES string of the molecule is Cc1cc(Cl)ccc1NC(=O)C1CCCC1N. The average Bonchev–Trinajstić information content (AvgIpc) is 2.68. The quantitative estimate of drug-likeness (QED) is 0.850. The molecule has 1 fully saturated rings. The molecule has 0 saturated heterocycles. The molecule has 1 amide bonds. The maximum atomic E-state index is 12.0. The van der Waals surface area contributed by atoms with Gasteiger partial charge in [0.25, 0.3) is 0 Å². The lowest BCUT2D eigenvalue weighted by Gasteiger charge is -2.16. The molecule has 1 aliphatic carbocycles. The first-order valence-corrected chi connectivity index (χ1v) is 6.28. The minimum atomic E-state index is -0.0509. The highest BCUT2D eigenvalue weighted by Gasteiger charge is 2.30. The third kappa shape index (κ3) is 2.79. The molecule has 17 heavy (non-hydrogen) atoms.